The van der Waals surface area contributed by atoms with E-state index >= 15 is 0 Å². The van der Waals surface area contributed by atoms with Gasteiger partial charge in [-0.25, -0.2) is 4.39 Å². The van der Waals surface area contributed by atoms with E-state index in [-0.39, 0.29) is 17.5 Å². The third-order valence-corrected chi connectivity index (χ3v) is 3.77. The predicted molar refractivity (Wildman–Crippen MR) is 80.6 cm³/mol. The molecule has 1 aliphatic rings. The summed E-state index contributed by atoms with van der Waals surface area (Å²) in [6.45, 7) is 8.02. The third-order valence-electron chi connectivity index (χ3n) is 3.55. The Hall–Kier alpha value is -0.640. The molecule has 1 saturated heterocycles. The highest BCUT2D eigenvalue weighted by atomic mass is 35.5. The van der Waals surface area contributed by atoms with Gasteiger partial charge in [0.1, 0.15) is 5.82 Å². The van der Waals surface area contributed by atoms with Gasteiger partial charge >= 0.3 is 0 Å². The number of ether oxygens (including phenoxy) is 1. The molecular weight excluding hydrogens is 277 g/mol. The number of halogens is 2. The molecule has 0 aliphatic carbocycles. The molecule has 20 heavy (non-hydrogen) atoms. The number of nitrogens with one attached hydrogen (secondary N) is 1. The topological polar surface area (TPSA) is 21.3 Å². The standard InChI is InChI=1S/C16H23ClFNO/c1-16(2,3)19-10-11-5-4-6-20-15(11)12-7-13(17)9-14(18)8-12/h7-9,11,15,19H,4-6,10H2,1-3H3. The van der Waals surface area contributed by atoms with E-state index in [2.05, 4.69) is 26.1 Å². The lowest BCUT2D eigenvalue weighted by molar-refractivity contribution is -0.0294. The molecule has 1 aromatic carbocycles. The quantitative estimate of drug-likeness (QED) is 0.896. The predicted octanol–water partition coefficient (Wildman–Crippen LogP) is 4.33. The van der Waals surface area contributed by atoms with Gasteiger partial charge in [0.25, 0.3) is 0 Å². The highest BCUT2D eigenvalue weighted by molar-refractivity contribution is 6.30. The molecule has 1 heterocycles. The van der Waals surface area contributed by atoms with Crippen molar-refractivity contribution in [2.45, 2.75) is 45.3 Å². The molecule has 2 unspecified atom stereocenters. The zero-order valence-corrected chi connectivity index (χ0v) is 13.1. The first-order valence-electron chi connectivity index (χ1n) is 7.18. The fraction of sp³-hybridized carbons (Fsp3) is 0.625. The average molecular weight is 300 g/mol. The second kappa shape index (κ2) is 6.42. The molecule has 1 aliphatic heterocycles. The summed E-state index contributed by atoms with van der Waals surface area (Å²) >= 11 is 5.96. The maximum absolute atomic E-state index is 13.5. The van der Waals surface area contributed by atoms with Crippen LogP contribution in [0.1, 0.15) is 45.3 Å². The van der Waals surface area contributed by atoms with Gasteiger partial charge in [0.05, 0.1) is 6.10 Å². The summed E-state index contributed by atoms with van der Waals surface area (Å²) in [5.41, 5.74) is 0.914. The van der Waals surface area contributed by atoms with E-state index in [1.54, 1.807) is 0 Å². The fourth-order valence-electron chi connectivity index (χ4n) is 2.60. The normalized spacial score (nSPS) is 23.9. The SMILES string of the molecule is CC(C)(C)NCC1CCCOC1c1cc(F)cc(Cl)c1. The Labute approximate surface area is 125 Å². The molecule has 112 valence electrons. The molecule has 0 amide bonds. The minimum atomic E-state index is -0.302. The van der Waals surface area contributed by atoms with Crippen molar-refractivity contribution in [1.82, 2.24) is 5.32 Å². The molecule has 0 spiro atoms. The first-order valence-corrected chi connectivity index (χ1v) is 7.55. The van der Waals surface area contributed by atoms with Crippen LogP contribution in [0.25, 0.3) is 0 Å². The van der Waals surface area contributed by atoms with Gasteiger partial charge in [0.15, 0.2) is 0 Å². The van der Waals surface area contributed by atoms with E-state index in [4.69, 9.17) is 16.3 Å². The fourth-order valence-corrected chi connectivity index (χ4v) is 2.83. The van der Waals surface area contributed by atoms with E-state index in [0.29, 0.717) is 10.9 Å². The van der Waals surface area contributed by atoms with Crippen LogP contribution in [0.5, 0.6) is 0 Å². The van der Waals surface area contributed by atoms with Crippen molar-refractivity contribution in [3.8, 4) is 0 Å². The van der Waals surface area contributed by atoms with Crippen LogP contribution in [-0.4, -0.2) is 18.7 Å². The van der Waals surface area contributed by atoms with Crippen LogP contribution in [0.15, 0.2) is 18.2 Å². The number of benzene rings is 1. The van der Waals surface area contributed by atoms with Crippen LogP contribution >= 0.6 is 11.6 Å². The van der Waals surface area contributed by atoms with Gasteiger partial charge in [0.2, 0.25) is 0 Å². The van der Waals surface area contributed by atoms with E-state index in [9.17, 15) is 4.39 Å². The summed E-state index contributed by atoms with van der Waals surface area (Å²) in [5.74, 6) is 0.0463. The monoisotopic (exact) mass is 299 g/mol. The van der Waals surface area contributed by atoms with Crippen LogP contribution in [0, 0.1) is 11.7 Å². The van der Waals surface area contributed by atoms with Gasteiger partial charge in [-0.2, -0.15) is 0 Å². The largest absolute Gasteiger partial charge is 0.373 e. The Balaban J connectivity index is 2.13. The summed E-state index contributed by atoms with van der Waals surface area (Å²) in [5, 5.41) is 3.94. The minimum Gasteiger partial charge on any atom is -0.373 e. The highest BCUT2D eigenvalue weighted by Gasteiger charge is 2.28. The van der Waals surface area contributed by atoms with Gasteiger partial charge in [-0.3, -0.25) is 0 Å². The van der Waals surface area contributed by atoms with E-state index < -0.39 is 0 Å². The van der Waals surface area contributed by atoms with Crippen LogP contribution in [0.3, 0.4) is 0 Å². The van der Waals surface area contributed by atoms with Gasteiger partial charge < -0.3 is 10.1 Å². The number of hydrogen-bond acceptors (Lipinski definition) is 2. The van der Waals surface area contributed by atoms with Crippen molar-refractivity contribution >= 4 is 11.6 Å². The second-order valence-corrected chi connectivity index (χ2v) is 6.96. The Bertz CT molecular complexity index is 438. The number of hydrogen-bond donors (Lipinski definition) is 1. The van der Waals surface area contributed by atoms with Crippen molar-refractivity contribution in [3.63, 3.8) is 0 Å². The summed E-state index contributed by atoms with van der Waals surface area (Å²) in [7, 11) is 0. The summed E-state index contributed by atoms with van der Waals surface area (Å²) in [6.07, 6.45) is 2.06. The molecule has 2 nitrogen and oxygen atoms in total. The van der Waals surface area contributed by atoms with Crippen molar-refractivity contribution in [2.75, 3.05) is 13.2 Å². The zero-order valence-electron chi connectivity index (χ0n) is 12.4. The van der Waals surface area contributed by atoms with Crippen LogP contribution < -0.4 is 5.32 Å². The number of rotatable bonds is 3. The molecule has 2 rings (SSSR count). The second-order valence-electron chi connectivity index (χ2n) is 6.53. The van der Waals surface area contributed by atoms with E-state index in [1.807, 2.05) is 6.07 Å². The summed E-state index contributed by atoms with van der Waals surface area (Å²) < 4.78 is 19.4. The van der Waals surface area contributed by atoms with Crippen molar-refractivity contribution < 1.29 is 9.13 Å². The molecule has 2 atom stereocenters. The third kappa shape index (κ3) is 4.44. The average Bonchev–Trinajstić information content (AvgIpc) is 2.34. The Morgan fingerprint density at radius 2 is 2.10 bits per heavy atom. The molecular formula is C16H23ClFNO. The Morgan fingerprint density at radius 3 is 2.75 bits per heavy atom. The molecule has 1 aromatic rings. The van der Waals surface area contributed by atoms with Crippen LogP contribution in [-0.2, 0) is 4.74 Å². The summed E-state index contributed by atoms with van der Waals surface area (Å²) in [6, 6.07) is 4.67. The molecule has 1 fully saturated rings. The lowest BCUT2D eigenvalue weighted by Crippen LogP contribution is -2.41. The van der Waals surface area contributed by atoms with Gasteiger partial charge in [-0.1, -0.05) is 11.6 Å². The van der Waals surface area contributed by atoms with E-state index in [0.717, 1.165) is 31.6 Å². The van der Waals surface area contributed by atoms with Crippen LogP contribution in [0.4, 0.5) is 4.39 Å². The van der Waals surface area contributed by atoms with Crippen molar-refractivity contribution in [1.29, 1.82) is 0 Å². The molecule has 0 aromatic heterocycles. The lowest BCUT2D eigenvalue weighted by atomic mass is 9.88. The molecule has 0 bridgehead atoms. The highest BCUT2D eigenvalue weighted by Crippen LogP contribution is 2.35. The van der Waals surface area contributed by atoms with Gasteiger partial charge in [-0.15, -0.1) is 0 Å². The first kappa shape index (κ1) is 15.7. The lowest BCUT2D eigenvalue weighted by Gasteiger charge is -2.34. The smallest absolute Gasteiger partial charge is 0.125 e. The zero-order chi connectivity index (χ0) is 14.8. The summed E-state index contributed by atoms with van der Waals surface area (Å²) in [4.78, 5) is 0. The molecule has 0 radical (unpaired) electrons. The van der Waals surface area contributed by atoms with Crippen molar-refractivity contribution in [3.05, 3.63) is 34.6 Å². The van der Waals surface area contributed by atoms with Gasteiger partial charge in [0, 0.05) is 29.6 Å². The molecule has 4 heteroatoms. The first-order chi connectivity index (χ1) is 9.35. The van der Waals surface area contributed by atoms with Crippen molar-refractivity contribution in [2.24, 2.45) is 5.92 Å². The molecule has 1 N–H and O–H groups in total. The van der Waals surface area contributed by atoms with Gasteiger partial charge in [-0.05, 0) is 57.4 Å². The van der Waals surface area contributed by atoms with Crippen LogP contribution in [0.2, 0.25) is 5.02 Å². The maximum atomic E-state index is 13.5. The Kier molecular flexibility index (Phi) is 5.05. The molecule has 0 saturated carbocycles. The maximum Gasteiger partial charge on any atom is 0.125 e. The van der Waals surface area contributed by atoms with E-state index in [1.165, 1.54) is 12.1 Å². The Morgan fingerprint density at radius 1 is 1.35 bits per heavy atom. The minimum absolute atomic E-state index is 0.0710.